The second kappa shape index (κ2) is 11.0. The zero-order chi connectivity index (χ0) is 17.2. The van der Waals surface area contributed by atoms with E-state index in [0.29, 0.717) is 17.9 Å². The normalized spacial score (nSPS) is 15.7. The molecule has 0 bridgehead atoms. The Morgan fingerprint density at radius 2 is 2.09 bits per heavy atom. The zero-order valence-electron chi connectivity index (χ0n) is 12.3. The number of carboxylic acids is 1. The van der Waals surface area contributed by atoms with Gasteiger partial charge in [-0.3, -0.25) is 9.32 Å². The molecule has 11 heteroatoms. The number of rotatable bonds is 12. The summed E-state index contributed by atoms with van der Waals surface area (Å²) in [5, 5.41) is 19.9. The second-order valence-electron chi connectivity index (χ2n) is 4.84. The van der Waals surface area contributed by atoms with Gasteiger partial charge >= 0.3 is 21.0 Å². The Labute approximate surface area is 129 Å². The molecular weight excluding hydrogens is 338 g/mol. The lowest BCUT2D eigenvalue weighted by atomic mass is 10.0. The first-order valence-electron chi connectivity index (χ1n) is 6.50. The summed E-state index contributed by atoms with van der Waals surface area (Å²) in [6.45, 7) is 3.70. The summed E-state index contributed by atoms with van der Waals surface area (Å²) in [5.74, 6) is -0.581. The fourth-order valence-electron chi connectivity index (χ4n) is 1.51. The van der Waals surface area contributed by atoms with Gasteiger partial charge in [0, 0.05) is 0 Å². The molecule has 2 N–H and O–H groups in total. The van der Waals surface area contributed by atoms with Crippen LogP contribution in [0, 0.1) is 5.92 Å². The molecule has 2 atom stereocenters. The molecule has 0 amide bonds. The highest BCUT2D eigenvalue weighted by Gasteiger charge is 2.43. The summed E-state index contributed by atoms with van der Waals surface area (Å²) in [4.78, 5) is 21.5. The first-order chi connectivity index (χ1) is 10.2. The lowest BCUT2D eigenvalue weighted by Crippen LogP contribution is -2.03. The molecule has 0 aliphatic rings. The van der Waals surface area contributed by atoms with Crippen molar-refractivity contribution < 1.29 is 43.4 Å². The molecule has 0 rings (SSSR count). The van der Waals surface area contributed by atoms with Gasteiger partial charge in [-0.15, -0.1) is 0 Å². The highest BCUT2D eigenvalue weighted by atomic mass is 32.1. The molecule has 0 saturated heterocycles. The summed E-state index contributed by atoms with van der Waals surface area (Å²) in [6.07, 6.45) is 3.11. The van der Waals surface area contributed by atoms with Crippen LogP contribution in [0.5, 0.6) is 0 Å². The summed E-state index contributed by atoms with van der Waals surface area (Å²) in [5.41, 5.74) is 0.519. The van der Waals surface area contributed by atoms with E-state index in [4.69, 9.17) is 10.4 Å². The number of carbonyl (C=O) groups is 1. The minimum atomic E-state index is -4.62. The van der Waals surface area contributed by atoms with E-state index in [2.05, 4.69) is 14.2 Å². The van der Waals surface area contributed by atoms with Gasteiger partial charge in [-0.2, -0.15) is 0 Å². The molecule has 0 aromatic rings. The van der Waals surface area contributed by atoms with Crippen LogP contribution in [0.2, 0.25) is 0 Å². The number of hydrogen-bond acceptors (Lipinski definition) is 8. The average Bonchev–Trinajstić information content (AvgIpc) is 2.37. The Morgan fingerprint density at radius 1 is 1.45 bits per heavy atom. The number of carboxylic acid groups (broad SMARTS) is 1. The quantitative estimate of drug-likeness (QED) is 0.233. The molecule has 0 spiro atoms. The Balaban J connectivity index is 4.58. The summed E-state index contributed by atoms with van der Waals surface area (Å²) < 4.78 is 30.6. The lowest BCUT2D eigenvalue weighted by molar-refractivity contribution is -0.442. The Bertz CT molecular complexity index is 447. The minimum absolute atomic E-state index is 0.0619. The highest BCUT2D eigenvalue weighted by Crippen LogP contribution is 2.66. The van der Waals surface area contributed by atoms with Crippen molar-refractivity contribution in [3.63, 3.8) is 0 Å². The van der Waals surface area contributed by atoms with Crippen molar-refractivity contribution in [1.29, 1.82) is 0 Å². The van der Waals surface area contributed by atoms with Crippen LogP contribution >= 0.6 is 15.0 Å². The molecule has 0 fully saturated rings. The smallest absolute Gasteiger partial charge is 0.587 e. The topological polar surface area (TPSA) is 142 Å². The van der Waals surface area contributed by atoms with Gasteiger partial charge in [-0.25, -0.2) is 9.82 Å². The van der Waals surface area contributed by atoms with Crippen molar-refractivity contribution in [3.8, 4) is 0 Å². The van der Waals surface area contributed by atoms with Gasteiger partial charge in [0.05, 0.1) is 13.0 Å². The third-order valence-electron chi connectivity index (χ3n) is 2.56. The van der Waals surface area contributed by atoms with Gasteiger partial charge in [0.2, 0.25) is 0 Å². The number of hydrogen-bond donors (Lipinski definition) is 2. The maximum absolute atomic E-state index is 11.6. The molecule has 0 saturated carbocycles. The molecule has 0 aromatic heterocycles. The van der Waals surface area contributed by atoms with Crippen molar-refractivity contribution in [2.24, 2.45) is 5.92 Å². The van der Waals surface area contributed by atoms with E-state index in [0.717, 1.165) is 6.42 Å². The monoisotopic (exact) mass is 358 g/mol. The van der Waals surface area contributed by atoms with Crippen molar-refractivity contribution >= 4 is 21.0 Å². The van der Waals surface area contributed by atoms with Crippen LogP contribution < -0.4 is 4.89 Å². The minimum Gasteiger partial charge on any atom is -0.587 e. The van der Waals surface area contributed by atoms with E-state index in [9.17, 15) is 18.8 Å². The SMILES string of the molecule is CC(C)CC/C=C(/CCOP(=O)(OOO)[P+](=O)[O-])CC(=O)O. The van der Waals surface area contributed by atoms with Gasteiger partial charge in [-0.05, 0) is 25.2 Å². The first kappa shape index (κ1) is 21.3. The Hall–Kier alpha value is -0.660. The third kappa shape index (κ3) is 9.38. The maximum atomic E-state index is 11.6. The van der Waals surface area contributed by atoms with Crippen LogP contribution in [0.25, 0.3) is 0 Å². The van der Waals surface area contributed by atoms with E-state index in [1.165, 1.54) is 0 Å². The van der Waals surface area contributed by atoms with E-state index >= 15 is 0 Å². The number of aliphatic carboxylic acids is 1. The van der Waals surface area contributed by atoms with Gasteiger partial charge in [0.1, 0.15) is 0 Å². The molecule has 128 valence electrons. The summed E-state index contributed by atoms with van der Waals surface area (Å²) >= 11 is 0. The van der Waals surface area contributed by atoms with Crippen LogP contribution in [0.1, 0.15) is 39.5 Å². The van der Waals surface area contributed by atoms with Crippen LogP contribution in [-0.2, 0) is 28.2 Å². The first-order valence-corrected chi connectivity index (χ1v) is 9.92. The average molecular weight is 358 g/mol. The van der Waals surface area contributed by atoms with E-state index < -0.39 is 21.0 Å². The van der Waals surface area contributed by atoms with Crippen LogP contribution in [0.3, 0.4) is 0 Å². The molecular formula is C11H20O9P2. The fourth-order valence-corrected chi connectivity index (χ4v) is 2.89. The van der Waals surface area contributed by atoms with Gasteiger partial charge in [0.25, 0.3) is 0 Å². The molecule has 0 aliphatic carbocycles. The Morgan fingerprint density at radius 3 is 2.55 bits per heavy atom. The molecule has 0 aromatic carbocycles. The molecule has 22 heavy (non-hydrogen) atoms. The standard InChI is InChI=1S/C11H20O9P2/c1-9(2)4-3-5-10(8-11(12)13)6-7-18-22(17,20-19-14)21(15)16/h5,9,14H,3-4,6-8H2,1-2H3,(H,12,13)/b10-5-. The van der Waals surface area contributed by atoms with Crippen LogP contribution in [0.4, 0.5) is 0 Å². The molecule has 0 aliphatic heterocycles. The summed E-state index contributed by atoms with van der Waals surface area (Å²) in [6, 6.07) is 0. The highest BCUT2D eigenvalue weighted by molar-refractivity contribution is 8.20. The van der Waals surface area contributed by atoms with Crippen LogP contribution in [0.15, 0.2) is 11.6 Å². The fraction of sp³-hybridized carbons (Fsp3) is 0.727. The molecule has 9 nitrogen and oxygen atoms in total. The summed E-state index contributed by atoms with van der Waals surface area (Å²) in [7, 11) is -8.25. The third-order valence-corrected chi connectivity index (χ3v) is 5.47. The van der Waals surface area contributed by atoms with Crippen molar-refractivity contribution in [2.75, 3.05) is 6.61 Å². The van der Waals surface area contributed by atoms with Crippen LogP contribution in [-0.4, -0.2) is 22.9 Å². The Kier molecular flexibility index (Phi) is 10.6. The zero-order valence-corrected chi connectivity index (χ0v) is 14.1. The number of allylic oxidation sites excluding steroid dienone is 1. The van der Waals surface area contributed by atoms with Crippen molar-refractivity contribution in [1.82, 2.24) is 0 Å². The molecule has 2 unspecified atom stereocenters. The van der Waals surface area contributed by atoms with Gasteiger partial charge in [-0.1, -0.05) is 39.8 Å². The lowest BCUT2D eigenvalue weighted by Gasteiger charge is -2.09. The van der Waals surface area contributed by atoms with Crippen molar-refractivity contribution in [3.05, 3.63) is 11.6 Å². The van der Waals surface area contributed by atoms with Gasteiger partial charge in [0.15, 0.2) is 0 Å². The molecule has 0 radical (unpaired) electrons. The van der Waals surface area contributed by atoms with E-state index in [-0.39, 0.29) is 19.4 Å². The molecule has 0 heterocycles. The predicted molar refractivity (Wildman–Crippen MR) is 75.0 cm³/mol. The van der Waals surface area contributed by atoms with E-state index in [1.807, 2.05) is 13.8 Å². The van der Waals surface area contributed by atoms with Crippen molar-refractivity contribution in [2.45, 2.75) is 39.5 Å². The second-order valence-corrected chi connectivity index (χ2v) is 9.11. The largest absolute Gasteiger partial charge is 0.596 e. The van der Waals surface area contributed by atoms with E-state index in [1.54, 1.807) is 6.08 Å². The predicted octanol–water partition coefficient (Wildman–Crippen LogP) is 2.86. The van der Waals surface area contributed by atoms with Gasteiger partial charge < -0.3 is 10.00 Å². The maximum Gasteiger partial charge on any atom is 0.596 e.